The van der Waals surface area contributed by atoms with Crippen molar-refractivity contribution in [1.29, 1.82) is 0 Å². The van der Waals surface area contributed by atoms with Crippen molar-refractivity contribution in [2.45, 2.75) is 19.9 Å². The highest BCUT2D eigenvalue weighted by atomic mass is 79.9. The zero-order valence-corrected chi connectivity index (χ0v) is 13.6. The van der Waals surface area contributed by atoms with Crippen molar-refractivity contribution in [3.63, 3.8) is 0 Å². The summed E-state index contributed by atoms with van der Waals surface area (Å²) in [5, 5.41) is 3.37. The molecule has 0 radical (unpaired) electrons. The van der Waals surface area contributed by atoms with E-state index in [4.69, 9.17) is 0 Å². The Morgan fingerprint density at radius 3 is 2.89 bits per heavy atom. The number of hydrogen-bond acceptors (Lipinski definition) is 2. The van der Waals surface area contributed by atoms with Crippen LogP contribution in [-0.4, -0.2) is 12.6 Å². The van der Waals surface area contributed by atoms with Crippen molar-refractivity contribution in [3.05, 3.63) is 51.8 Å². The molecule has 0 aliphatic carbocycles. The van der Waals surface area contributed by atoms with Crippen LogP contribution in [0.5, 0.6) is 0 Å². The van der Waals surface area contributed by atoms with Gasteiger partial charge >= 0.3 is 0 Å². The van der Waals surface area contributed by atoms with Crippen LogP contribution in [0.4, 0.5) is 0 Å². The Balaban J connectivity index is 2.11. The zero-order valence-electron chi connectivity index (χ0n) is 11.2. The second-order valence-electron chi connectivity index (χ2n) is 4.42. The summed E-state index contributed by atoms with van der Waals surface area (Å²) >= 11 is 5.33. The second-order valence-corrected chi connectivity index (χ2v) is 6.45. The average molecular weight is 336 g/mol. The van der Waals surface area contributed by atoms with Crippen LogP contribution >= 0.6 is 27.3 Å². The fraction of sp³-hybridized carbons (Fsp3) is 0.250. The molecule has 1 nitrogen and oxygen atoms in total. The van der Waals surface area contributed by atoms with E-state index in [9.17, 15) is 0 Å². The minimum Gasteiger partial charge on any atom is -0.311 e. The molecule has 1 atom stereocenters. The highest BCUT2D eigenvalue weighted by molar-refractivity contribution is 9.10. The zero-order chi connectivity index (χ0) is 13.7. The molecule has 0 saturated heterocycles. The van der Waals surface area contributed by atoms with Gasteiger partial charge in [-0.1, -0.05) is 41.1 Å². The number of nitrogens with one attached hydrogen (secondary N) is 1. The summed E-state index contributed by atoms with van der Waals surface area (Å²) < 4.78 is 1.12. The van der Waals surface area contributed by atoms with Gasteiger partial charge in [0.25, 0.3) is 0 Å². The number of hydrogen-bond donors (Lipinski definition) is 1. The van der Waals surface area contributed by atoms with Gasteiger partial charge in [0, 0.05) is 20.3 Å². The third-order valence-corrected chi connectivity index (χ3v) is 4.40. The molecule has 100 valence electrons. The summed E-state index contributed by atoms with van der Waals surface area (Å²) in [6.07, 6.45) is 4.40. The van der Waals surface area contributed by atoms with E-state index in [2.05, 4.69) is 83.6 Å². The van der Waals surface area contributed by atoms with Crippen molar-refractivity contribution >= 4 is 33.3 Å². The van der Waals surface area contributed by atoms with Crippen LogP contribution in [0.3, 0.4) is 0 Å². The maximum absolute atomic E-state index is 3.52. The van der Waals surface area contributed by atoms with Gasteiger partial charge in [0.1, 0.15) is 0 Å². The Hall–Kier alpha value is -0.900. The topological polar surface area (TPSA) is 12.0 Å². The Bertz CT molecular complexity index is 559. The smallest absolute Gasteiger partial charge is 0.0349 e. The van der Waals surface area contributed by atoms with Gasteiger partial charge in [-0.15, -0.1) is 11.3 Å². The molecule has 0 spiro atoms. The first-order chi connectivity index (χ1) is 9.19. The Morgan fingerprint density at radius 2 is 2.16 bits per heavy atom. The van der Waals surface area contributed by atoms with Crippen molar-refractivity contribution < 1.29 is 0 Å². The predicted octanol–water partition coefficient (Wildman–Crippen LogP) is 5.19. The maximum Gasteiger partial charge on any atom is 0.0349 e. The van der Waals surface area contributed by atoms with Gasteiger partial charge in [0.15, 0.2) is 0 Å². The Labute approximate surface area is 127 Å². The van der Waals surface area contributed by atoms with Crippen molar-refractivity contribution in [2.75, 3.05) is 6.54 Å². The number of likely N-dealkylation sites (N-methyl/N-ethyl adjacent to an activating group) is 1. The summed E-state index contributed by atoms with van der Waals surface area (Å²) in [5.74, 6) is 0. The number of benzene rings is 1. The van der Waals surface area contributed by atoms with Crippen molar-refractivity contribution in [3.8, 4) is 10.4 Å². The summed E-state index contributed by atoms with van der Waals surface area (Å²) in [6.45, 7) is 5.29. The van der Waals surface area contributed by atoms with Crippen molar-refractivity contribution in [2.24, 2.45) is 0 Å². The van der Waals surface area contributed by atoms with Gasteiger partial charge < -0.3 is 5.32 Å². The number of halogens is 1. The summed E-state index contributed by atoms with van der Waals surface area (Å²) in [6, 6.07) is 13.2. The minimum atomic E-state index is 0.418. The summed E-state index contributed by atoms with van der Waals surface area (Å²) in [4.78, 5) is 2.59. The molecule has 0 aliphatic heterocycles. The second kappa shape index (κ2) is 7.04. The molecule has 1 unspecified atom stereocenters. The Kier molecular flexibility index (Phi) is 5.37. The van der Waals surface area contributed by atoms with Crippen molar-refractivity contribution in [1.82, 2.24) is 5.32 Å². The standard InChI is InChI=1S/C16H18BrNS/c1-3-18-12(2)7-8-15-9-10-16(19-15)13-5-4-6-14(17)11-13/h4-12,18H,3H2,1-2H3/b8-7+. The normalized spacial score (nSPS) is 13.0. The quantitative estimate of drug-likeness (QED) is 0.792. The van der Waals surface area contributed by atoms with Gasteiger partial charge in [0.2, 0.25) is 0 Å². The molecule has 2 aromatic rings. The molecule has 0 aliphatic rings. The predicted molar refractivity (Wildman–Crippen MR) is 89.6 cm³/mol. The molecule has 1 aromatic carbocycles. The first kappa shape index (κ1) is 14.5. The lowest BCUT2D eigenvalue weighted by atomic mass is 10.2. The van der Waals surface area contributed by atoms with Crippen LogP contribution in [0.25, 0.3) is 16.5 Å². The lowest BCUT2D eigenvalue weighted by Gasteiger charge is -2.04. The van der Waals surface area contributed by atoms with Gasteiger partial charge in [-0.25, -0.2) is 0 Å². The molecule has 0 amide bonds. The van der Waals surface area contributed by atoms with Crippen LogP contribution in [0.2, 0.25) is 0 Å². The van der Waals surface area contributed by atoms with Gasteiger partial charge in [-0.2, -0.15) is 0 Å². The summed E-state index contributed by atoms with van der Waals surface area (Å²) in [7, 11) is 0. The molecule has 0 fully saturated rings. The van der Waals surface area contributed by atoms with E-state index in [1.165, 1.54) is 15.3 Å². The molecule has 3 heteroatoms. The third-order valence-electron chi connectivity index (χ3n) is 2.81. The van der Waals surface area contributed by atoms with Crippen LogP contribution in [0, 0.1) is 0 Å². The SMILES string of the molecule is CCNC(C)/C=C/c1ccc(-c2cccc(Br)c2)s1. The highest BCUT2D eigenvalue weighted by Gasteiger charge is 2.02. The molecule has 1 N–H and O–H groups in total. The van der Waals surface area contributed by atoms with E-state index < -0.39 is 0 Å². The molecule has 19 heavy (non-hydrogen) atoms. The van der Waals surface area contributed by atoms with Crippen LogP contribution < -0.4 is 5.32 Å². The molecular formula is C16H18BrNS. The largest absolute Gasteiger partial charge is 0.311 e. The number of thiophene rings is 1. The van der Waals surface area contributed by atoms with E-state index in [0.717, 1.165) is 11.0 Å². The molecule has 2 rings (SSSR count). The molecule has 0 bridgehead atoms. The van der Waals surface area contributed by atoms with E-state index in [0.29, 0.717) is 6.04 Å². The molecule has 1 heterocycles. The lowest BCUT2D eigenvalue weighted by molar-refractivity contribution is 0.663. The molecule has 0 saturated carbocycles. The average Bonchev–Trinajstić information content (AvgIpc) is 2.85. The lowest BCUT2D eigenvalue weighted by Crippen LogP contribution is -2.22. The van der Waals surface area contributed by atoms with Crippen LogP contribution in [0.15, 0.2) is 46.9 Å². The third kappa shape index (κ3) is 4.30. The van der Waals surface area contributed by atoms with Gasteiger partial charge in [-0.05, 0) is 49.4 Å². The van der Waals surface area contributed by atoms with Crippen LogP contribution in [0.1, 0.15) is 18.7 Å². The molecule has 1 aromatic heterocycles. The van der Waals surface area contributed by atoms with Gasteiger partial charge in [0.05, 0.1) is 0 Å². The number of rotatable bonds is 5. The maximum atomic E-state index is 3.52. The first-order valence-electron chi connectivity index (χ1n) is 6.46. The van der Waals surface area contributed by atoms with E-state index in [1.807, 2.05) is 11.3 Å². The molecular weight excluding hydrogens is 318 g/mol. The fourth-order valence-electron chi connectivity index (χ4n) is 1.87. The van der Waals surface area contributed by atoms with Crippen LogP contribution in [-0.2, 0) is 0 Å². The Morgan fingerprint density at radius 1 is 1.32 bits per heavy atom. The highest BCUT2D eigenvalue weighted by Crippen LogP contribution is 2.30. The summed E-state index contributed by atoms with van der Waals surface area (Å²) in [5.41, 5.74) is 1.26. The van der Waals surface area contributed by atoms with E-state index in [1.54, 1.807) is 0 Å². The fourth-order valence-corrected chi connectivity index (χ4v) is 3.19. The van der Waals surface area contributed by atoms with E-state index in [-0.39, 0.29) is 0 Å². The monoisotopic (exact) mass is 335 g/mol. The van der Waals surface area contributed by atoms with Gasteiger partial charge in [-0.3, -0.25) is 0 Å². The van der Waals surface area contributed by atoms with E-state index >= 15 is 0 Å². The first-order valence-corrected chi connectivity index (χ1v) is 8.07. The minimum absolute atomic E-state index is 0.418.